The highest BCUT2D eigenvalue weighted by Crippen LogP contribution is 2.30. The Bertz CT molecular complexity index is 1260. The number of carbonyl (C=O) groups is 1. The van der Waals surface area contributed by atoms with Gasteiger partial charge in [0, 0.05) is 15.7 Å². The van der Waals surface area contributed by atoms with Crippen LogP contribution in [0.15, 0.2) is 84.2 Å². The van der Waals surface area contributed by atoms with Gasteiger partial charge in [-0.2, -0.15) is 0 Å². The third-order valence-electron chi connectivity index (χ3n) is 4.94. The molecule has 0 aliphatic rings. The molecule has 0 saturated carbocycles. The monoisotopic (exact) mass is 448 g/mol. The van der Waals surface area contributed by atoms with E-state index < -0.39 is 8.03 Å². The molecule has 4 N–H and O–H groups in total. The minimum atomic E-state index is -2.80. The normalized spacial score (nSPS) is 11.8. The lowest BCUT2D eigenvalue weighted by Gasteiger charge is -2.11. The Morgan fingerprint density at radius 2 is 1.84 bits per heavy atom. The molecule has 7 heteroatoms. The van der Waals surface area contributed by atoms with Crippen LogP contribution in [0.25, 0.3) is 10.4 Å². The highest BCUT2D eigenvalue weighted by molar-refractivity contribution is 7.47. The molecule has 0 bridgehead atoms. The Kier molecular flexibility index (Phi) is 6.33. The van der Waals surface area contributed by atoms with Gasteiger partial charge in [0.1, 0.15) is 0 Å². The van der Waals surface area contributed by atoms with Crippen LogP contribution >= 0.6 is 19.4 Å². The first-order chi connectivity index (χ1) is 15.0. The maximum atomic E-state index is 12.9. The van der Waals surface area contributed by atoms with Crippen LogP contribution in [0.5, 0.6) is 0 Å². The second-order valence-corrected chi connectivity index (χ2v) is 9.17. The molecule has 156 valence electrons. The van der Waals surface area contributed by atoms with E-state index in [-0.39, 0.29) is 5.91 Å². The predicted molar refractivity (Wildman–Crippen MR) is 129 cm³/mol. The van der Waals surface area contributed by atoms with Crippen molar-refractivity contribution in [1.29, 1.82) is 0 Å². The van der Waals surface area contributed by atoms with Gasteiger partial charge in [0.15, 0.2) is 0 Å². The van der Waals surface area contributed by atoms with Crippen LogP contribution in [0.2, 0.25) is 0 Å². The van der Waals surface area contributed by atoms with Gasteiger partial charge >= 0.3 is 0 Å². The number of thiophene rings is 1. The standard InChI is InChI=1S/C24H21N2O3PS/c25-20-11-10-18(23-9-4-12-31-23)15-21(20)26-24(27)19-7-3-5-16(14-19)13-17-6-1-2-8-22(17)30(28)29/h1-12,14-15,30H,13,25H2,(H,26,27)(H,28,29). The van der Waals surface area contributed by atoms with Gasteiger partial charge in [-0.15, -0.1) is 11.3 Å². The topological polar surface area (TPSA) is 92.4 Å². The van der Waals surface area contributed by atoms with Crippen molar-refractivity contribution in [2.75, 3.05) is 11.1 Å². The summed E-state index contributed by atoms with van der Waals surface area (Å²) in [6.45, 7) is 0. The van der Waals surface area contributed by atoms with E-state index in [1.165, 1.54) is 0 Å². The molecule has 0 fully saturated rings. The summed E-state index contributed by atoms with van der Waals surface area (Å²) in [6, 6.07) is 23.9. The molecule has 1 atom stereocenters. The molecule has 31 heavy (non-hydrogen) atoms. The molecule has 4 aromatic rings. The Labute approximate surface area is 185 Å². The van der Waals surface area contributed by atoms with E-state index in [2.05, 4.69) is 5.32 Å². The van der Waals surface area contributed by atoms with E-state index in [9.17, 15) is 14.3 Å². The first-order valence-electron chi connectivity index (χ1n) is 9.66. The zero-order chi connectivity index (χ0) is 21.8. The van der Waals surface area contributed by atoms with Gasteiger partial charge in [-0.25, -0.2) is 0 Å². The van der Waals surface area contributed by atoms with Crippen molar-refractivity contribution >= 4 is 42.0 Å². The second-order valence-electron chi connectivity index (χ2n) is 7.07. The lowest BCUT2D eigenvalue weighted by Crippen LogP contribution is -2.14. The number of hydrogen-bond donors (Lipinski definition) is 3. The average Bonchev–Trinajstić information content (AvgIpc) is 3.30. The van der Waals surface area contributed by atoms with Crippen molar-refractivity contribution in [3.63, 3.8) is 0 Å². The first kappa shape index (κ1) is 21.1. The largest absolute Gasteiger partial charge is 0.397 e. The zero-order valence-corrected chi connectivity index (χ0v) is 18.4. The van der Waals surface area contributed by atoms with E-state index >= 15 is 0 Å². The van der Waals surface area contributed by atoms with Gasteiger partial charge in [0.2, 0.25) is 8.03 Å². The first-order valence-corrected chi connectivity index (χ1v) is 11.9. The molecule has 0 saturated heterocycles. The third-order valence-corrected chi connectivity index (χ3v) is 6.81. The van der Waals surface area contributed by atoms with Gasteiger partial charge in [0.05, 0.1) is 11.4 Å². The fourth-order valence-corrected chi connectivity index (χ4v) is 4.79. The predicted octanol–water partition coefficient (Wildman–Crippen LogP) is 4.93. The molecule has 1 amide bonds. The number of nitrogens with one attached hydrogen (secondary N) is 1. The Morgan fingerprint density at radius 1 is 1.00 bits per heavy atom. The molecule has 0 spiro atoms. The van der Waals surface area contributed by atoms with Crippen molar-refractivity contribution < 1.29 is 14.3 Å². The van der Waals surface area contributed by atoms with Crippen molar-refractivity contribution in [1.82, 2.24) is 0 Å². The third kappa shape index (κ3) is 4.94. The van der Waals surface area contributed by atoms with Crippen LogP contribution in [-0.4, -0.2) is 10.8 Å². The summed E-state index contributed by atoms with van der Waals surface area (Å²) >= 11 is 1.62. The van der Waals surface area contributed by atoms with E-state index in [0.717, 1.165) is 21.6 Å². The van der Waals surface area contributed by atoms with Gasteiger partial charge < -0.3 is 15.9 Å². The van der Waals surface area contributed by atoms with Gasteiger partial charge in [0.25, 0.3) is 5.91 Å². The fraction of sp³-hybridized carbons (Fsp3) is 0.0417. The molecule has 3 aromatic carbocycles. The number of amides is 1. The molecule has 1 heterocycles. The van der Waals surface area contributed by atoms with Crippen LogP contribution in [-0.2, 0) is 11.0 Å². The summed E-state index contributed by atoms with van der Waals surface area (Å²) in [5.41, 5.74) is 10.3. The van der Waals surface area contributed by atoms with Crippen molar-refractivity contribution in [3.8, 4) is 10.4 Å². The molecule has 1 aromatic heterocycles. The summed E-state index contributed by atoms with van der Waals surface area (Å²) in [5.74, 6) is -0.263. The fourth-order valence-electron chi connectivity index (χ4n) is 3.38. The minimum absolute atomic E-state index is 0.263. The van der Waals surface area contributed by atoms with Gasteiger partial charge in [-0.3, -0.25) is 9.36 Å². The molecule has 4 rings (SSSR count). The van der Waals surface area contributed by atoms with Crippen LogP contribution in [0, 0.1) is 0 Å². The van der Waals surface area contributed by atoms with Gasteiger partial charge in [-0.05, 0) is 64.9 Å². The Balaban J connectivity index is 1.56. The van der Waals surface area contributed by atoms with E-state index in [1.807, 2.05) is 47.8 Å². The summed E-state index contributed by atoms with van der Waals surface area (Å²) < 4.78 is 11.6. The van der Waals surface area contributed by atoms with E-state index in [1.54, 1.807) is 47.7 Å². The SMILES string of the molecule is Nc1ccc(-c2cccs2)cc1NC(=O)c1cccc(Cc2ccccc2[PH](=O)O)c1. The number of anilines is 2. The lowest BCUT2D eigenvalue weighted by atomic mass is 10.0. The number of hydrogen-bond acceptors (Lipinski definition) is 4. The number of carbonyl (C=O) groups excluding carboxylic acids is 1. The summed E-state index contributed by atoms with van der Waals surface area (Å²) in [6.07, 6.45) is 0.463. The Hall–Kier alpha value is -3.18. The second kappa shape index (κ2) is 9.31. The maximum absolute atomic E-state index is 12.9. The minimum Gasteiger partial charge on any atom is -0.397 e. The zero-order valence-electron chi connectivity index (χ0n) is 16.5. The highest BCUT2D eigenvalue weighted by Gasteiger charge is 2.12. The van der Waals surface area contributed by atoms with E-state index in [0.29, 0.717) is 28.7 Å². The Morgan fingerprint density at radius 3 is 2.61 bits per heavy atom. The van der Waals surface area contributed by atoms with Crippen LogP contribution in [0.4, 0.5) is 11.4 Å². The molecule has 0 radical (unpaired) electrons. The lowest BCUT2D eigenvalue weighted by molar-refractivity contribution is 0.102. The molecule has 0 aliphatic heterocycles. The van der Waals surface area contributed by atoms with Crippen molar-refractivity contribution in [3.05, 3.63) is 101 Å². The smallest absolute Gasteiger partial charge is 0.255 e. The van der Waals surface area contributed by atoms with Crippen molar-refractivity contribution in [2.24, 2.45) is 0 Å². The molecule has 1 unspecified atom stereocenters. The van der Waals surface area contributed by atoms with Crippen LogP contribution < -0.4 is 16.4 Å². The van der Waals surface area contributed by atoms with Gasteiger partial charge in [-0.1, -0.05) is 42.5 Å². The molecule has 0 aliphatic carbocycles. The number of nitrogens with two attached hydrogens (primary N) is 1. The molecule has 5 nitrogen and oxygen atoms in total. The quantitative estimate of drug-likeness (QED) is 0.288. The number of rotatable bonds is 6. The highest BCUT2D eigenvalue weighted by atomic mass is 32.1. The van der Waals surface area contributed by atoms with E-state index in [4.69, 9.17) is 5.73 Å². The summed E-state index contributed by atoms with van der Waals surface area (Å²) in [7, 11) is -2.80. The molecular formula is C24H21N2O3PS. The maximum Gasteiger partial charge on any atom is 0.255 e. The summed E-state index contributed by atoms with van der Waals surface area (Å²) in [4.78, 5) is 23.6. The van der Waals surface area contributed by atoms with Crippen LogP contribution in [0.3, 0.4) is 0 Å². The number of nitrogen functional groups attached to an aromatic ring is 1. The van der Waals surface area contributed by atoms with Crippen molar-refractivity contribution in [2.45, 2.75) is 6.42 Å². The summed E-state index contributed by atoms with van der Waals surface area (Å²) in [5, 5.41) is 5.35. The van der Waals surface area contributed by atoms with Crippen LogP contribution in [0.1, 0.15) is 21.5 Å². The average molecular weight is 448 g/mol. The molecular weight excluding hydrogens is 427 g/mol. The number of benzene rings is 3.